The molecular weight excluding hydrogens is 128 g/mol. The topological polar surface area (TPSA) is 40.1 Å². The lowest BCUT2D eigenvalue weighted by Crippen LogP contribution is -2.23. The van der Waals surface area contributed by atoms with E-state index in [1.54, 1.807) is 0 Å². The maximum Gasteiger partial charge on any atom is 0.0668 e. The first-order valence-corrected chi connectivity index (χ1v) is 3.57. The number of rotatable bonds is 5. The fourth-order valence-corrected chi connectivity index (χ4v) is 0.690. The van der Waals surface area contributed by atoms with Gasteiger partial charge in [-0.1, -0.05) is 26.3 Å². The van der Waals surface area contributed by atoms with E-state index in [0.717, 1.165) is 19.3 Å². The second-order valence-electron chi connectivity index (χ2n) is 2.35. The summed E-state index contributed by atoms with van der Waals surface area (Å²) in [5, 5.41) is 10.1. The normalized spacial score (nSPS) is 9.30. The summed E-state index contributed by atoms with van der Waals surface area (Å²) in [6.45, 7) is 5.44. The molecule has 0 aromatic carbocycles. The first kappa shape index (κ1) is 9.21. The second-order valence-corrected chi connectivity index (χ2v) is 2.35. The molecule has 58 valence electrons. The Balaban J connectivity index is 3.31. The van der Waals surface area contributed by atoms with Gasteiger partial charge in [-0.05, 0) is 18.4 Å². The molecule has 2 nitrogen and oxygen atoms in total. The average Bonchev–Trinajstić information content (AvgIpc) is 1.88. The molecule has 10 heavy (non-hydrogen) atoms. The molecule has 0 spiro atoms. The molecule has 0 radical (unpaired) electrons. The van der Waals surface area contributed by atoms with Gasteiger partial charge in [0.2, 0.25) is 0 Å². The molecule has 0 aromatic rings. The van der Waals surface area contributed by atoms with Crippen LogP contribution in [0.25, 0.3) is 0 Å². The summed E-state index contributed by atoms with van der Waals surface area (Å²) in [6.07, 6.45) is 3.63. The summed E-state index contributed by atoms with van der Waals surface area (Å²) < 4.78 is 0. The van der Waals surface area contributed by atoms with E-state index in [-0.39, 0.29) is 5.57 Å². The van der Waals surface area contributed by atoms with Crippen LogP contribution >= 0.6 is 0 Å². The molecule has 0 saturated heterocycles. The Kier molecular flexibility index (Phi) is 4.63. The van der Waals surface area contributed by atoms with Crippen LogP contribution in [0.3, 0.4) is 0 Å². The van der Waals surface area contributed by atoms with Crippen molar-refractivity contribution in [2.75, 3.05) is 0 Å². The van der Waals surface area contributed by atoms with Crippen molar-refractivity contribution in [3.05, 3.63) is 12.2 Å². The molecular formula is C8H13O2-. The van der Waals surface area contributed by atoms with Gasteiger partial charge in [0.25, 0.3) is 0 Å². The Hall–Kier alpha value is -0.790. The van der Waals surface area contributed by atoms with Gasteiger partial charge in [0, 0.05) is 0 Å². The highest BCUT2D eigenvalue weighted by molar-refractivity contribution is 5.83. The van der Waals surface area contributed by atoms with Crippen molar-refractivity contribution < 1.29 is 9.90 Å². The predicted molar refractivity (Wildman–Crippen MR) is 38.3 cm³/mol. The standard InChI is InChI=1S/C8H14O2/c1-3-4-5-6-7(2)8(9)10/h2-6H2,1H3,(H,9,10)/p-1. The van der Waals surface area contributed by atoms with Crippen molar-refractivity contribution >= 4 is 5.97 Å². The molecule has 2 heteroatoms. The van der Waals surface area contributed by atoms with Crippen molar-refractivity contribution in [3.63, 3.8) is 0 Å². The molecule has 0 aliphatic carbocycles. The molecule has 0 aliphatic rings. The van der Waals surface area contributed by atoms with Crippen LogP contribution in [-0.2, 0) is 4.79 Å². The zero-order valence-corrected chi connectivity index (χ0v) is 6.35. The van der Waals surface area contributed by atoms with E-state index >= 15 is 0 Å². The third kappa shape index (κ3) is 4.13. The monoisotopic (exact) mass is 141 g/mol. The number of carbonyl (C=O) groups is 1. The van der Waals surface area contributed by atoms with Crippen LogP contribution in [0.15, 0.2) is 12.2 Å². The fourth-order valence-electron chi connectivity index (χ4n) is 0.690. The minimum absolute atomic E-state index is 0.216. The zero-order chi connectivity index (χ0) is 7.98. The maximum absolute atomic E-state index is 10.1. The third-order valence-electron chi connectivity index (χ3n) is 1.37. The molecule has 0 aliphatic heterocycles. The van der Waals surface area contributed by atoms with Crippen molar-refractivity contribution in [2.45, 2.75) is 32.6 Å². The minimum Gasteiger partial charge on any atom is -0.545 e. The number of aliphatic carboxylic acids is 1. The predicted octanol–water partition coefficient (Wildman–Crippen LogP) is 0.873. The Morgan fingerprint density at radius 3 is 2.50 bits per heavy atom. The number of hydrogen-bond acceptors (Lipinski definition) is 2. The molecule has 0 saturated carbocycles. The van der Waals surface area contributed by atoms with Crippen LogP contribution in [0.5, 0.6) is 0 Å². The second kappa shape index (κ2) is 5.03. The summed E-state index contributed by atoms with van der Waals surface area (Å²) in [6, 6.07) is 0. The first-order chi connectivity index (χ1) is 4.68. The van der Waals surface area contributed by atoms with Gasteiger partial charge in [0.1, 0.15) is 0 Å². The van der Waals surface area contributed by atoms with E-state index in [1.165, 1.54) is 0 Å². The quantitative estimate of drug-likeness (QED) is 0.421. The van der Waals surface area contributed by atoms with Crippen molar-refractivity contribution in [1.29, 1.82) is 0 Å². The van der Waals surface area contributed by atoms with Gasteiger partial charge in [0.05, 0.1) is 5.97 Å². The van der Waals surface area contributed by atoms with Crippen LogP contribution in [-0.4, -0.2) is 5.97 Å². The van der Waals surface area contributed by atoms with Gasteiger partial charge >= 0.3 is 0 Å². The highest BCUT2D eigenvalue weighted by Gasteiger charge is 1.92. The van der Waals surface area contributed by atoms with Crippen molar-refractivity contribution in [2.24, 2.45) is 0 Å². The highest BCUT2D eigenvalue weighted by atomic mass is 16.4. The number of unbranched alkanes of at least 4 members (excludes halogenated alkanes) is 2. The SMILES string of the molecule is C=C(CCCCC)C(=O)[O-]. The van der Waals surface area contributed by atoms with E-state index < -0.39 is 5.97 Å². The third-order valence-corrected chi connectivity index (χ3v) is 1.37. The first-order valence-electron chi connectivity index (χ1n) is 3.57. The minimum atomic E-state index is -1.11. The van der Waals surface area contributed by atoms with Gasteiger partial charge in [0.15, 0.2) is 0 Å². The Morgan fingerprint density at radius 2 is 2.10 bits per heavy atom. The highest BCUT2D eigenvalue weighted by Crippen LogP contribution is 2.05. The lowest BCUT2D eigenvalue weighted by Gasteiger charge is -2.04. The largest absolute Gasteiger partial charge is 0.545 e. The molecule has 0 N–H and O–H groups in total. The molecule has 0 atom stereocenters. The van der Waals surface area contributed by atoms with Crippen LogP contribution in [0, 0.1) is 0 Å². The fraction of sp³-hybridized carbons (Fsp3) is 0.625. The van der Waals surface area contributed by atoms with Crippen molar-refractivity contribution in [1.82, 2.24) is 0 Å². The van der Waals surface area contributed by atoms with Crippen LogP contribution in [0.2, 0.25) is 0 Å². The van der Waals surface area contributed by atoms with Crippen LogP contribution in [0.1, 0.15) is 32.6 Å². The van der Waals surface area contributed by atoms with E-state index in [9.17, 15) is 9.90 Å². The molecule has 0 fully saturated rings. The summed E-state index contributed by atoms with van der Waals surface area (Å²) in [4.78, 5) is 10.1. The number of hydrogen-bond donors (Lipinski definition) is 0. The molecule has 0 bridgehead atoms. The van der Waals surface area contributed by atoms with E-state index in [2.05, 4.69) is 13.5 Å². The van der Waals surface area contributed by atoms with Gasteiger partial charge in [-0.2, -0.15) is 0 Å². The summed E-state index contributed by atoms with van der Waals surface area (Å²) in [5.74, 6) is -1.11. The van der Waals surface area contributed by atoms with E-state index in [0.29, 0.717) is 6.42 Å². The molecule has 0 unspecified atom stereocenters. The average molecular weight is 141 g/mol. The van der Waals surface area contributed by atoms with E-state index in [4.69, 9.17) is 0 Å². The smallest absolute Gasteiger partial charge is 0.0668 e. The lowest BCUT2D eigenvalue weighted by atomic mass is 10.1. The van der Waals surface area contributed by atoms with Crippen LogP contribution in [0.4, 0.5) is 0 Å². The maximum atomic E-state index is 10.1. The molecule has 0 amide bonds. The number of carboxylic acids is 1. The van der Waals surface area contributed by atoms with Gasteiger partial charge in [-0.15, -0.1) is 0 Å². The Morgan fingerprint density at radius 1 is 1.50 bits per heavy atom. The molecule has 0 rings (SSSR count). The number of carbonyl (C=O) groups excluding carboxylic acids is 1. The summed E-state index contributed by atoms with van der Waals surface area (Å²) in [7, 11) is 0. The van der Waals surface area contributed by atoms with E-state index in [1.807, 2.05) is 0 Å². The van der Waals surface area contributed by atoms with Crippen LogP contribution < -0.4 is 5.11 Å². The number of carboxylic acid groups (broad SMARTS) is 1. The Bertz CT molecular complexity index is 127. The van der Waals surface area contributed by atoms with Gasteiger partial charge < -0.3 is 9.90 Å². The summed E-state index contributed by atoms with van der Waals surface area (Å²) in [5.41, 5.74) is 0.216. The van der Waals surface area contributed by atoms with Gasteiger partial charge in [-0.25, -0.2) is 0 Å². The molecule has 0 aromatic heterocycles. The zero-order valence-electron chi connectivity index (χ0n) is 6.35. The lowest BCUT2D eigenvalue weighted by molar-refractivity contribution is -0.299. The Labute approximate surface area is 61.6 Å². The van der Waals surface area contributed by atoms with Gasteiger partial charge in [-0.3, -0.25) is 0 Å². The molecule has 0 heterocycles. The summed E-state index contributed by atoms with van der Waals surface area (Å²) >= 11 is 0. The van der Waals surface area contributed by atoms with Crippen molar-refractivity contribution in [3.8, 4) is 0 Å².